The number of hydrogen-bond acceptors (Lipinski definition) is 6. The number of fused-ring (bicyclic) bond motifs is 2. The smallest absolute Gasteiger partial charge is 0.325 e. The summed E-state index contributed by atoms with van der Waals surface area (Å²) in [5, 5.41) is 21.1. The van der Waals surface area contributed by atoms with E-state index in [-0.39, 0.29) is 11.6 Å². The number of H-pyrrole nitrogens is 2. The Labute approximate surface area is 214 Å². The Hall–Kier alpha value is -5.58. The van der Waals surface area contributed by atoms with Crippen molar-refractivity contribution < 1.29 is 14.6 Å². The van der Waals surface area contributed by atoms with E-state index in [0.29, 0.717) is 39.9 Å². The van der Waals surface area contributed by atoms with Gasteiger partial charge in [0.25, 0.3) is 0 Å². The third-order valence-electron chi connectivity index (χ3n) is 5.95. The number of urea groups is 1. The minimum Gasteiger partial charge on any atom is -0.492 e. The standard InChI is InChI=1S/C27H21N7O4/c1-15-6-8-16(9-7-15)34-22(14-23(35)33-34)30-26(36)29-19-10-11-20(18-5-3-2-4-17(18)19)38-21-12-13-28-25-24(21)31-27(37)32-25/h2-14H,1H3,(H,33,35)(H2,29,30,36)(H2,28,31,32,37). The molecule has 3 aromatic heterocycles. The number of rotatable bonds is 5. The van der Waals surface area contributed by atoms with Gasteiger partial charge in [0, 0.05) is 29.1 Å². The summed E-state index contributed by atoms with van der Waals surface area (Å²) in [5.41, 5.74) is 2.78. The topological polar surface area (TPSA) is 150 Å². The van der Waals surface area contributed by atoms with Gasteiger partial charge in [0.2, 0.25) is 5.88 Å². The predicted molar refractivity (Wildman–Crippen MR) is 143 cm³/mol. The van der Waals surface area contributed by atoms with Crippen molar-refractivity contribution in [1.29, 1.82) is 0 Å². The highest BCUT2D eigenvalue weighted by Crippen LogP contribution is 2.36. The number of aromatic amines is 2. The predicted octanol–water partition coefficient (Wildman–Crippen LogP) is 5.04. The van der Waals surface area contributed by atoms with Gasteiger partial charge in [0.1, 0.15) is 17.1 Å². The molecule has 6 rings (SSSR count). The lowest BCUT2D eigenvalue weighted by Crippen LogP contribution is -2.21. The van der Waals surface area contributed by atoms with E-state index in [1.54, 1.807) is 24.4 Å². The van der Waals surface area contributed by atoms with Crippen molar-refractivity contribution in [3.05, 3.63) is 95.0 Å². The quantitative estimate of drug-likeness (QED) is 0.221. The maximum absolute atomic E-state index is 13.0. The van der Waals surface area contributed by atoms with Gasteiger partial charge in [-0.15, -0.1) is 5.10 Å². The van der Waals surface area contributed by atoms with Crippen LogP contribution in [0.4, 0.5) is 16.3 Å². The molecule has 11 nitrogen and oxygen atoms in total. The number of ether oxygens (including phenoxy) is 1. The highest BCUT2D eigenvalue weighted by Gasteiger charge is 2.15. The normalized spacial score (nSPS) is 11.1. The number of benzene rings is 3. The minimum absolute atomic E-state index is 0.221. The first-order valence-electron chi connectivity index (χ1n) is 11.7. The summed E-state index contributed by atoms with van der Waals surface area (Å²) in [6, 6.07) is 20.9. The number of nitrogens with zero attached hydrogens (tertiary/aromatic N) is 3. The molecule has 0 radical (unpaired) electrons. The van der Waals surface area contributed by atoms with Crippen LogP contribution in [0.15, 0.2) is 83.8 Å². The fourth-order valence-electron chi connectivity index (χ4n) is 4.20. The van der Waals surface area contributed by atoms with Crippen LogP contribution in [-0.2, 0) is 0 Å². The number of carbonyl (C=O) groups excluding carboxylic acids is 1. The van der Waals surface area contributed by atoms with Gasteiger partial charge in [-0.2, -0.15) is 0 Å². The first-order chi connectivity index (χ1) is 18.4. The largest absolute Gasteiger partial charge is 0.492 e. The second-order valence-electron chi connectivity index (χ2n) is 8.58. The molecule has 3 aromatic carbocycles. The highest BCUT2D eigenvalue weighted by molar-refractivity contribution is 6.07. The third-order valence-corrected chi connectivity index (χ3v) is 5.95. The monoisotopic (exact) mass is 507 g/mol. The summed E-state index contributed by atoms with van der Waals surface area (Å²) < 4.78 is 7.60. The third kappa shape index (κ3) is 4.28. The Morgan fingerprint density at radius 3 is 2.55 bits per heavy atom. The fraction of sp³-hybridized carbons (Fsp3) is 0.0370. The SMILES string of the molecule is Cc1ccc(-n2nc(O)cc2NC(=O)Nc2ccc(Oc3ccnc4[nH]c(=O)[nH]c34)c3ccccc23)cc1. The number of aryl methyl sites for hydroxylation is 1. The summed E-state index contributed by atoms with van der Waals surface area (Å²) in [4.78, 5) is 34.1. The van der Waals surface area contributed by atoms with Gasteiger partial charge in [-0.3, -0.25) is 10.3 Å². The molecule has 0 atom stereocenters. The molecule has 6 aromatic rings. The van der Waals surface area contributed by atoms with Crippen molar-refractivity contribution in [3.63, 3.8) is 0 Å². The van der Waals surface area contributed by atoms with Gasteiger partial charge in [0.05, 0.1) is 11.4 Å². The van der Waals surface area contributed by atoms with Crippen molar-refractivity contribution in [2.45, 2.75) is 6.92 Å². The summed E-state index contributed by atoms with van der Waals surface area (Å²) in [6.45, 7) is 1.97. The zero-order valence-corrected chi connectivity index (χ0v) is 20.0. The number of pyridine rings is 1. The number of hydrogen-bond donors (Lipinski definition) is 5. The number of amides is 2. The molecule has 188 valence electrons. The average molecular weight is 508 g/mol. The van der Waals surface area contributed by atoms with Crippen LogP contribution in [0, 0.1) is 6.92 Å². The van der Waals surface area contributed by atoms with Crippen molar-refractivity contribution >= 4 is 39.5 Å². The molecule has 0 saturated carbocycles. The molecule has 38 heavy (non-hydrogen) atoms. The van der Waals surface area contributed by atoms with Crippen LogP contribution in [0.1, 0.15) is 5.56 Å². The molecule has 5 N–H and O–H groups in total. The van der Waals surface area contributed by atoms with Crippen molar-refractivity contribution in [2.24, 2.45) is 0 Å². The Bertz CT molecular complexity index is 1870. The van der Waals surface area contributed by atoms with E-state index >= 15 is 0 Å². The highest BCUT2D eigenvalue weighted by atomic mass is 16.5. The number of aromatic nitrogens is 5. The van der Waals surface area contributed by atoms with Gasteiger partial charge in [0.15, 0.2) is 11.4 Å². The van der Waals surface area contributed by atoms with E-state index in [1.807, 2.05) is 55.5 Å². The molecular weight excluding hydrogens is 486 g/mol. The van der Waals surface area contributed by atoms with E-state index in [1.165, 1.54) is 10.7 Å². The van der Waals surface area contributed by atoms with Gasteiger partial charge in [-0.1, -0.05) is 42.0 Å². The van der Waals surface area contributed by atoms with E-state index in [2.05, 4.69) is 30.7 Å². The summed E-state index contributed by atoms with van der Waals surface area (Å²) in [7, 11) is 0. The number of nitrogens with one attached hydrogen (secondary N) is 4. The molecule has 0 aliphatic heterocycles. The molecule has 0 aliphatic rings. The molecule has 0 spiro atoms. The summed E-state index contributed by atoms with van der Waals surface area (Å²) in [6.07, 6.45) is 1.54. The lowest BCUT2D eigenvalue weighted by molar-refractivity contribution is 0.262. The first kappa shape index (κ1) is 22.9. The molecule has 0 bridgehead atoms. The van der Waals surface area contributed by atoms with E-state index < -0.39 is 6.03 Å². The molecule has 2 amide bonds. The zero-order valence-electron chi connectivity index (χ0n) is 20.0. The Morgan fingerprint density at radius 1 is 0.947 bits per heavy atom. The van der Waals surface area contributed by atoms with Crippen LogP contribution in [0.2, 0.25) is 0 Å². The summed E-state index contributed by atoms with van der Waals surface area (Å²) >= 11 is 0. The number of imidazole rings is 1. The van der Waals surface area contributed by atoms with Crippen LogP contribution in [0.3, 0.4) is 0 Å². The molecule has 0 aliphatic carbocycles. The number of aromatic hydroxyl groups is 1. The summed E-state index contributed by atoms with van der Waals surface area (Å²) in [5.74, 6) is 1.04. The zero-order chi connectivity index (χ0) is 26.2. The van der Waals surface area contributed by atoms with Crippen LogP contribution < -0.4 is 21.1 Å². The molecule has 0 saturated heterocycles. The Balaban J connectivity index is 1.28. The lowest BCUT2D eigenvalue weighted by atomic mass is 10.1. The van der Waals surface area contributed by atoms with Crippen LogP contribution >= 0.6 is 0 Å². The number of anilines is 2. The van der Waals surface area contributed by atoms with E-state index in [9.17, 15) is 14.7 Å². The second kappa shape index (κ2) is 9.13. The van der Waals surface area contributed by atoms with Crippen molar-refractivity contribution in [2.75, 3.05) is 10.6 Å². The number of carbonyl (C=O) groups is 1. The molecule has 3 heterocycles. The van der Waals surface area contributed by atoms with Gasteiger partial charge < -0.3 is 20.1 Å². The first-order valence-corrected chi connectivity index (χ1v) is 11.7. The fourth-order valence-corrected chi connectivity index (χ4v) is 4.20. The van der Waals surface area contributed by atoms with E-state index in [0.717, 1.165) is 16.3 Å². The Morgan fingerprint density at radius 2 is 1.74 bits per heavy atom. The van der Waals surface area contributed by atoms with Crippen LogP contribution in [-0.4, -0.2) is 35.9 Å². The van der Waals surface area contributed by atoms with Crippen LogP contribution in [0.5, 0.6) is 17.4 Å². The molecule has 0 fully saturated rings. The van der Waals surface area contributed by atoms with Crippen LogP contribution in [0.25, 0.3) is 27.6 Å². The minimum atomic E-state index is -0.516. The molecule has 0 unspecified atom stereocenters. The van der Waals surface area contributed by atoms with Gasteiger partial charge in [-0.25, -0.2) is 19.3 Å². The molecule has 11 heteroatoms. The van der Waals surface area contributed by atoms with Crippen molar-refractivity contribution in [3.8, 4) is 23.1 Å². The van der Waals surface area contributed by atoms with E-state index in [4.69, 9.17) is 4.74 Å². The van der Waals surface area contributed by atoms with Gasteiger partial charge in [-0.05, 0) is 31.2 Å². The maximum Gasteiger partial charge on any atom is 0.325 e. The Kier molecular flexibility index (Phi) is 5.49. The maximum atomic E-state index is 13.0. The second-order valence-corrected chi connectivity index (χ2v) is 8.58. The lowest BCUT2D eigenvalue weighted by Gasteiger charge is -2.14. The molecular formula is C27H21N7O4. The van der Waals surface area contributed by atoms with Gasteiger partial charge >= 0.3 is 11.7 Å². The van der Waals surface area contributed by atoms with Crippen molar-refractivity contribution in [1.82, 2.24) is 24.7 Å². The average Bonchev–Trinajstić information content (AvgIpc) is 3.47.